The van der Waals surface area contributed by atoms with Crippen molar-refractivity contribution in [1.29, 1.82) is 0 Å². The predicted octanol–water partition coefficient (Wildman–Crippen LogP) is 3.30. The Hall–Kier alpha value is -1.06. The van der Waals surface area contributed by atoms with Crippen LogP contribution in [-0.4, -0.2) is 25.4 Å². The lowest BCUT2D eigenvalue weighted by Gasteiger charge is -2.25. The SMILES string of the molecule is CCNC(c1cccc(OCC)c1)C1CCC(C)O1. The maximum absolute atomic E-state index is 6.03. The minimum Gasteiger partial charge on any atom is -0.494 e. The van der Waals surface area contributed by atoms with Crippen molar-refractivity contribution < 1.29 is 9.47 Å². The molecule has 0 spiro atoms. The van der Waals surface area contributed by atoms with Crippen LogP contribution in [0.5, 0.6) is 5.75 Å². The Labute approximate surface area is 116 Å². The number of nitrogens with one attached hydrogen (secondary N) is 1. The highest BCUT2D eigenvalue weighted by molar-refractivity contribution is 5.31. The Morgan fingerprint density at radius 1 is 1.37 bits per heavy atom. The highest BCUT2D eigenvalue weighted by Crippen LogP contribution is 2.31. The number of hydrogen-bond donors (Lipinski definition) is 1. The smallest absolute Gasteiger partial charge is 0.119 e. The normalized spacial score (nSPS) is 24.4. The van der Waals surface area contributed by atoms with Crippen LogP contribution in [0.4, 0.5) is 0 Å². The van der Waals surface area contributed by atoms with Gasteiger partial charge in [-0.05, 0) is 50.9 Å². The molecule has 106 valence electrons. The quantitative estimate of drug-likeness (QED) is 0.854. The molecule has 1 heterocycles. The molecule has 0 aliphatic carbocycles. The average molecular weight is 263 g/mol. The van der Waals surface area contributed by atoms with Gasteiger partial charge in [-0.1, -0.05) is 19.1 Å². The van der Waals surface area contributed by atoms with E-state index in [9.17, 15) is 0 Å². The van der Waals surface area contributed by atoms with Crippen molar-refractivity contribution in [2.24, 2.45) is 0 Å². The fraction of sp³-hybridized carbons (Fsp3) is 0.625. The molecule has 19 heavy (non-hydrogen) atoms. The molecule has 1 N–H and O–H groups in total. The second-order valence-electron chi connectivity index (χ2n) is 5.10. The molecule has 2 rings (SSSR count). The first-order valence-electron chi connectivity index (χ1n) is 7.36. The lowest BCUT2D eigenvalue weighted by Crippen LogP contribution is -2.32. The molecule has 0 aromatic heterocycles. The van der Waals surface area contributed by atoms with E-state index >= 15 is 0 Å². The first-order chi connectivity index (χ1) is 9.24. The van der Waals surface area contributed by atoms with Gasteiger partial charge in [0.15, 0.2) is 0 Å². The molecule has 1 aliphatic rings. The van der Waals surface area contributed by atoms with Crippen LogP contribution in [0.3, 0.4) is 0 Å². The van der Waals surface area contributed by atoms with E-state index in [2.05, 4.69) is 37.4 Å². The fourth-order valence-corrected chi connectivity index (χ4v) is 2.73. The number of hydrogen-bond acceptors (Lipinski definition) is 3. The lowest BCUT2D eigenvalue weighted by molar-refractivity contribution is 0.0319. The third-order valence-electron chi connectivity index (χ3n) is 3.59. The van der Waals surface area contributed by atoms with Crippen LogP contribution in [0, 0.1) is 0 Å². The van der Waals surface area contributed by atoms with Gasteiger partial charge in [0.2, 0.25) is 0 Å². The third-order valence-corrected chi connectivity index (χ3v) is 3.59. The molecule has 0 radical (unpaired) electrons. The van der Waals surface area contributed by atoms with Gasteiger partial charge >= 0.3 is 0 Å². The molecule has 3 unspecified atom stereocenters. The highest BCUT2D eigenvalue weighted by atomic mass is 16.5. The first kappa shape index (κ1) is 14.4. The molecule has 0 saturated carbocycles. The molecule has 0 bridgehead atoms. The van der Waals surface area contributed by atoms with Crippen molar-refractivity contribution in [3.05, 3.63) is 29.8 Å². The number of ether oxygens (including phenoxy) is 2. The van der Waals surface area contributed by atoms with Gasteiger partial charge in [-0.2, -0.15) is 0 Å². The summed E-state index contributed by atoms with van der Waals surface area (Å²) in [6.07, 6.45) is 2.92. The summed E-state index contributed by atoms with van der Waals surface area (Å²) in [5.74, 6) is 0.939. The van der Waals surface area contributed by atoms with E-state index in [-0.39, 0.29) is 12.1 Å². The number of likely N-dealkylation sites (N-methyl/N-ethyl adjacent to an activating group) is 1. The first-order valence-corrected chi connectivity index (χ1v) is 7.36. The van der Waals surface area contributed by atoms with Gasteiger partial charge in [-0.25, -0.2) is 0 Å². The summed E-state index contributed by atoms with van der Waals surface area (Å²) in [6.45, 7) is 7.94. The zero-order valence-electron chi connectivity index (χ0n) is 12.2. The van der Waals surface area contributed by atoms with Gasteiger partial charge < -0.3 is 14.8 Å². The lowest BCUT2D eigenvalue weighted by atomic mass is 9.99. The summed E-state index contributed by atoms with van der Waals surface area (Å²) in [5, 5.41) is 3.55. The second-order valence-corrected chi connectivity index (χ2v) is 5.10. The molecule has 3 atom stereocenters. The molecular weight excluding hydrogens is 238 g/mol. The number of rotatable bonds is 6. The van der Waals surface area contributed by atoms with Gasteiger partial charge in [-0.3, -0.25) is 0 Å². The Morgan fingerprint density at radius 3 is 2.84 bits per heavy atom. The Bertz CT molecular complexity index is 394. The Kier molecular flexibility index (Phi) is 5.23. The van der Waals surface area contributed by atoms with Crippen LogP contribution in [0.15, 0.2) is 24.3 Å². The summed E-state index contributed by atoms with van der Waals surface area (Å²) in [4.78, 5) is 0. The fourth-order valence-electron chi connectivity index (χ4n) is 2.73. The predicted molar refractivity (Wildman–Crippen MR) is 77.6 cm³/mol. The van der Waals surface area contributed by atoms with Crippen LogP contribution in [-0.2, 0) is 4.74 Å². The third kappa shape index (κ3) is 3.71. The summed E-state index contributed by atoms with van der Waals surface area (Å²) >= 11 is 0. The van der Waals surface area contributed by atoms with E-state index in [4.69, 9.17) is 9.47 Å². The Balaban J connectivity index is 2.15. The second kappa shape index (κ2) is 6.92. The molecule has 0 amide bonds. The van der Waals surface area contributed by atoms with Crippen molar-refractivity contribution in [1.82, 2.24) is 5.32 Å². The zero-order valence-corrected chi connectivity index (χ0v) is 12.2. The van der Waals surface area contributed by atoms with Crippen LogP contribution >= 0.6 is 0 Å². The monoisotopic (exact) mass is 263 g/mol. The molecule has 1 fully saturated rings. The summed E-state index contributed by atoms with van der Waals surface area (Å²) in [6, 6.07) is 8.61. The van der Waals surface area contributed by atoms with Crippen molar-refractivity contribution in [3.63, 3.8) is 0 Å². The topological polar surface area (TPSA) is 30.5 Å². The van der Waals surface area contributed by atoms with Gasteiger partial charge in [0.05, 0.1) is 24.9 Å². The Morgan fingerprint density at radius 2 is 2.21 bits per heavy atom. The molecule has 1 aliphatic heterocycles. The van der Waals surface area contributed by atoms with E-state index < -0.39 is 0 Å². The van der Waals surface area contributed by atoms with Crippen LogP contribution in [0.1, 0.15) is 45.2 Å². The zero-order chi connectivity index (χ0) is 13.7. The number of benzene rings is 1. The van der Waals surface area contributed by atoms with Crippen LogP contribution in [0.2, 0.25) is 0 Å². The van der Waals surface area contributed by atoms with Crippen LogP contribution < -0.4 is 10.1 Å². The summed E-state index contributed by atoms with van der Waals surface area (Å²) in [7, 11) is 0. The van der Waals surface area contributed by atoms with E-state index in [0.29, 0.717) is 12.7 Å². The summed E-state index contributed by atoms with van der Waals surface area (Å²) in [5.41, 5.74) is 1.26. The average Bonchev–Trinajstić information content (AvgIpc) is 2.83. The van der Waals surface area contributed by atoms with Gasteiger partial charge in [0.1, 0.15) is 5.75 Å². The minimum absolute atomic E-state index is 0.260. The van der Waals surface area contributed by atoms with Gasteiger partial charge in [-0.15, -0.1) is 0 Å². The molecule has 3 heteroatoms. The van der Waals surface area contributed by atoms with E-state index in [1.807, 2.05) is 13.0 Å². The van der Waals surface area contributed by atoms with E-state index in [0.717, 1.165) is 25.1 Å². The molecule has 1 aromatic carbocycles. The minimum atomic E-state index is 0.260. The van der Waals surface area contributed by atoms with E-state index in [1.54, 1.807) is 0 Å². The largest absolute Gasteiger partial charge is 0.494 e. The van der Waals surface area contributed by atoms with Crippen molar-refractivity contribution in [2.75, 3.05) is 13.2 Å². The van der Waals surface area contributed by atoms with E-state index in [1.165, 1.54) is 5.56 Å². The maximum Gasteiger partial charge on any atom is 0.119 e. The maximum atomic E-state index is 6.03. The van der Waals surface area contributed by atoms with Crippen LogP contribution in [0.25, 0.3) is 0 Å². The van der Waals surface area contributed by atoms with Crippen molar-refractivity contribution >= 4 is 0 Å². The molecule has 1 saturated heterocycles. The summed E-state index contributed by atoms with van der Waals surface area (Å²) < 4.78 is 11.6. The van der Waals surface area contributed by atoms with Gasteiger partial charge in [0, 0.05) is 0 Å². The van der Waals surface area contributed by atoms with Crippen molar-refractivity contribution in [3.8, 4) is 5.75 Å². The van der Waals surface area contributed by atoms with Gasteiger partial charge in [0.25, 0.3) is 0 Å². The highest BCUT2D eigenvalue weighted by Gasteiger charge is 2.30. The molecule has 1 aromatic rings. The van der Waals surface area contributed by atoms with Crippen molar-refractivity contribution in [2.45, 2.75) is 51.9 Å². The molecular formula is C16H25NO2. The molecule has 3 nitrogen and oxygen atoms in total. The standard InChI is InChI=1S/C16H25NO2/c1-4-17-16(15-10-9-12(3)19-15)13-7-6-8-14(11-13)18-5-2/h6-8,11-12,15-17H,4-5,9-10H2,1-3H3.